The number of hydrogen-bond acceptors (Lipinski definition) is 4. The number of carbonyl (C=O) groups is 2. The van der Waals surface area contributed by atoms with E-state index >= 15 is 0 Å². The average Bonchev–Trinajstić information content (AvgIpc) is 2.98. The van der Waals surface area contributed by atoms with Crippen LogP contribution in [0.1, 0.15) is 93.4 Å². The van der Waals surface area contributed by atoms with Gasteiger partial charge in [-0.15, -0.1) is 0 Å². The number of rotatable bonds is 5. The third-order valence-corrected chi connectivity index (χ3v) is 10.8. The summed E-state index contributed by atoms with van der Waals surface area (Å²) in [6.07, 6.45) is 7.06. The van der Waals surface area contributed by atoms with E-state index in [0.717, 1.165) is 37.7 Å². The van der Waals surface area contributed by atoms with Gasteiger partial charge in [0.1, 0.15) is 6.10 Å². The summed E-state index contributed by atoms with van der Waals surface area (Å²) < 4.78 is 6.11. The molecule has 0 aromatic carbocycles. The quantitative estimate of drug-likeness (QED) is 0.312. The predicted molar refractivity (Wildman–Crippen MR) is 130 cm³/mol. The van der Waals surface area contributed by atoms with Crippen LogP contribution in [-0.4, -0.2) is 28.6 Å². The van der Waals surface area contributed by atoms with Crippen LogP contribution in [0.25, 0.3) is 0 Å². The standard InChI is InChI=1S/C29H44O4/c1-17(2)13-19(30)15-29(8,32)21-10-11-27(6)22(21)14-23-25-26(5,16-24(31)33-23)20(18(3)4)9-12-28(25,27)7/h13,20-23,25,32H,3,9-12,14-16H2,1-2,4-8H3/t20-,21-,22+,23+,25+,26-,27+,28+,29+/m0/s1. The van der Waals surface area contributed by atoms with Gasteiger partial charge in [-0.3, -0.25) is 9.59 Å². The molecule has 0 aromatic heterocycles. The lowest BCUT2D eigenvalue weighted by Gasteiger charge is -2.69. The van der Waals surface area contributed by atoms with E-state index in [1.807, 2.05) is 20.8 Å². The average molecular weight is 457 g/mol. The maximum atomic E-state index is 12.8. The lowest BCUT2D eigenvalue weighted by Crippen LogP contribution is -2.67. The lowest BCUT2D eigenvalue weighted by atomic mass is 9.37. The molecule has 0 radical (unpaired) electrons. The minimum absolute atomic E-state index is 0.00728. The van der Waals surface area contributed by atoms with Crippen LogP contribution in [0.15, 0.2) is 23.8 Å². The Balaban J connectivity index is 1.72. The first-order chi connectivity index (χ1) is 15.2. The topological polar surface area (TPSA) is 63.6 Å². The number of aliphatic hydroxyl groups is 1. The van der Waals surface area contributed by atoms with Gasteiger partial charge in [0.05, 0.1) is 12.0 Å². The molecule has 0 aromatic rings. The van der Waals surface area contributed by atoms with Crippen molar-refractivity contribution in [2.75, 3.05) is 0 Å². The first-order valence-electron chi connectivity index (χ1n) is 12.9. The third-order valence-electron chi connectivity index (χ3n) is 10.8. The predicted octanol–water partition coefficient (Wildman–Crippen LogP) is 6.03. The fraction of sp³-hybridized carbons (Fsp3) is 0.793. The number of esters is 1. The van der Waals surface area contributed by atoms with Gasteiger partial charge in [-0.05, 0) is 99.9 Å². The van der Waals surface area contributed by atoms with Gasteiger partial charge in [0.25, 0.3) is 0 Å². The molecular weight excluding hydrogens is 412 g/mol. The summed E-state index contributed by atoms with van der Waals surface area (Å²) >= 11 is 0. The minimum Gasteiger partial charge on any atom is -0.462 e. The Kier molecular flexibility index (Phi) is 5.84. The van der Waals surface area contributed by atoms with E-state index in [2.05, 4.69) is 34.3 Å². The summed E-state index contributed by atoms with van der Waals surface area (Å²) in [5.74, 6) is 0.809. The van der Waals surface area contributed by atoms with Crippen molar-refractivity contribution < 1.29 is 19.4 Å². The van der Waals surface area contributed by atoms with Gasteiger partial charge in [0.2, 0.25) is 0 Å². The number of carbonyl (C=O) groups excluding carboxylic acids is 2. The highest BCUT2D eigenvalue weighted by Crippen LogP contribution is 2.75. The second-order valence-electron chi connectivity index (χ2n) is 13.2. The molecule has 0 amide bonds. The zero-order valence-electron chi connectivity index (χ0n) is 21.8. The van der Waals surface area contributed by atoms with E-state index in [1.165, 1.54) is 5.57 Å². The third kappa shape index (κ3) is 3.58. The molecule has 1 aliphatic heterocycles. The van der Waals surface area contributed by atoms with Crippen molar-refractivity contribution in [3.05, 3.63) is 23.8 Å². The number of allylic oxidation sites excluding steroid dienone is 3. The molecule has 184 valence electrons. The smallest absolute Gasteiger partial charge is 0.306 e. The molecule has 4 fully saturated rings. The zero-order valence-corrected chi connectivity index (χ0v) is 21.8. The molecule has 9 atom stereocenters. The van der Waals surface area contributed by atoms with Crippen molar-refractivity contribution in [1.29, 1.82) is 0 Å². The highest BCUT2D eigenvalue weighted by atomic mass is 16.5. The van der Waals surface area contributed by atoms with Crippen LogP contribution in [0.5, 0.6) is 0 Å². The molecular formula is C29H44O4. The summed E-state index contributed by atoms with van der Waals surface area (Å²) in [6, 6.07) is 0. The molecule has 1 saturated heterocycles. The molecule has 0 bridgehead atoms. The Labute approximate surface area is 200 Å². The Morgan fingerprint density at radius 2 is 1.82 bits per heavy atom. The van der Waals surface area contributed by atoms with E-state index in [9.17, 15) is 14.7 Å². The molecule has 0 spiro atoms. The summed E-state index contributed by atoms with van der Waals surface area (Å²) in [6.45, 7) is 19.3. The Hall–Kier alpha value is -1.42. The van der Waals surface area contributed by atoms with Crippen molar-refractivity contribution in [2.45, 2.75) is 105 Å². The molecule has 4 nitrogen and oxygen atoms in total. The first-order valence-corrected chi connectivity index (χ1v) is 12.9. The van der Waals surface area contributed by atoms with Crippen LogP contribution in [0.2, 0.25) is 0 Å². The maximum Gasteiger partial charge on any atom is 0.306 e. The Morgan fingerprint density at radius 3 is 2.42 bits per heavy atom. The number of ether oxygens (including phenoxy) is 1. The van der Waals surface area contributed by atoms with E-state index < -0.39 is 5.60 Å². The van der Waals surface area contributed by atoms with Crippen molar-refractivity contribution in [3.63, 3.8) is 0 Å². The molecule has 4 aliphatic rings. The molecule has 1 heterocycles. The SMILES string of the molecule is C=C(C)[C@@H]1CC[C@]2(C)[C@@H]3[C@@H](C[C@@H]4[C@@H]([C@](C)(O)CC(=O)C=C(C)C)CC[C@]42C)OC(=O)C[C@]31C. The molecule has 1 N–H and O–H groups in total. The van der Waals surface area contributed by atoms with Gasteiger partial charge < -0.3 is 9.84 Å². The zero-order chi connectivity index (χ0) is 24.6. The Morgan fingerprint density at radius 1 is 1.18 bits per heavy atom. The molecule has 4 heteroatoms. The van der Waals surface area contributed by atoms with Crippen LogP contribution >= 0.6 is 0 Å². The van der Waals surface area contributed by atoms with E-state index in [-0.39, 0.29) is 52.4 Å². The second-order valence-corrected chi connectivity index (χ2v) is 13.2. The van der Waals surface area contributed by atoms with Crippen LogP contribution < -0.4 is 0 Å². The van der Waals surface area contributed by atoms with Gasteiger partial charge in [-0.2, -0.15) is 0 Å². The number of fused-ring (bicyclic) bond motifs is 2. The normalized spacial score (nSPS) is 45.8. The molecule has 0 unspecified atom stereocenters. The van der Waals surface area contributed by atoms with Gasteiger partial charge in [0.15, 0.2) is 5.78 Å². The monoisotopic (exact) mass is 456 g/mol. The van der Waals surface area contributed by atoms with Crippen LogP contribution in [-0.2, 0) is 14.3 Å². The van der Waals surface area contributed by atoms with Gasteiger partial charge in [-0.1, -0.05) is 38.5 Å². The van der Waals surface area contributed by atoms with E-state index in [4.69, 9.17) is 4.74 Å². The van der Waals surface area contributed by atoms with Crippen LogP contribution in [0, 0.1) is 39.9 Å². The Bertz CT molecular complexity index is 895. The highest BCUT2D eigenvalue weighted by molar-refractivity contribution is 5.90. The molecule has 3 aliphatic carbocycles. The van der Waals surface area contributed by atoms with E-state index in [1.54, 1.807) is 6.08 Å². The van der Waals surface area contributed by atoms with Crippen LogP contribution in [0.4, 0.5) is 0 Å². The van der Waals surface area contributed by atoms with Crippen LogP contribution in [0.3, 0.4) is 0 Å². The fourth-order valence-corrected chi connectivity index (χ4v) is 9.44. The van der Waals surface area contributed by atoms with Crippen molar-refractivity contribution >= 4 is 11.8 Å². The summed E-state index contributed by atoms with van der Waals surface area (Å²) in [5.41, 5.74) is 1.02. The number of hydrogen-bond donors (Lipinski definition) is 1. The van der Waals surface area contributed by atoms with Gasteiger partial charge in [-0.25, -0.2) is 0 Å². The van der Waals surface area contributed by atoms with Gasteiger partial charge in [0, 0.05) is 12.3 Å². The molecule has 33 heavy (non-hydrogen) atoms. The van der Waals surface area contributed by atoms with E-state index in [0.29, 0.717) is 18.3 Å². The molecule has 3 saturated carbocycles. The summed E-state index contributed by atoms with van der Waals surface area (Å²) in [7, 11) is 0. The number of ketones is 1. The maximum absolute atomic E-state index is 12.8. The van der Waals surface area contributed by atoms with Gasteiger partial charge >= 0.3 is 5.97 Å². The summed E-state index contributed by atoms with van der Waals surface area (Å²) in [4.78, 5) is 25.4. The largest absolute Gasteiger partial charge is 0.462 e. The van der Waals surface area contributed by atoms with Crippen molar-refractivity contribution in [2.24, 2.45) is 39.9 Å². The second kappa shape index (κ2) is 7.80. The van der Waals surface area contributed by atoms with Crippen molar-refractivity contribution in [1.82, 2.24) is 0 Å². The molecule has 4 rings (SSSR count). The lowest BCUT2D eigenvalue weighted by molar-refractivity contribution is -0.250. The highest BCUT2D eigenvalue weighted by Gasteiger charge is 2.72. The summed E-state index contributed by atoms with van der Waals surface area (Å²) in [5, 5.41) is 11.6. The minimum atomic E-state index is -1.06. The van der Waals surface area contributed by atoms with Crippen molar-refractivity contribution in [3.8, 4) is 0 Å². The fourth-order valence-electron chi connectivity index (χ4n) is 9.44. The first kappa shape index (κ1) is 24.7.